The van der Waals surface area contributed by atoms with E-state index in [-0.39, 0.29) is 5.91 Å². The maximum absolute atomic E-state index is 12.0. The van der Waals surface area contributed by atoms with Crippen molar-refractivity contribution in [3.8, 4) is 0 Å². The van der Waals surface area contributed by atoms with Crippen LogP contribution in [0, 0.1) is 0 Å². The molecule has 104 valence electrons. The fraction of sp³-hybridized carbons (Fsp3) is 0.533. The summed E-state index contributed by atoms with van der Waals surface area (Å²) in [4.78, 5) is 14.1. The molecule has 1 aliphatic rings. The average Bonchev–Trinajstić information content (AvgIpc) is 2.42. The molecule has 0 unspecified atom stereocenters. The van der Waals surface area contributed by atoms with Crippen LogP contribution in [0.1, 0.15) is 32.1 Å². The van der Waals surface area contributed by atoms with Gasteiger partial charge in [0.25, 0.3) is 0 Å². The number of rotatable bonds is 4. The van der Waals surface area contributed by atoms with E-state index in [9.17, 15) is 4.79 Å². The van der Waals surface area contributed by atoms with Crippen LogP contribution in [0.5, 0.6) is 0 Å². The summed E-state index contributed by atoms with van der Waals surface area (Å²) >= 11 is 0. The van der Waals surface area contributed by atoms with Gasteiger partial charge in [-0.2, -0.15) is 0 Å². The smallest absolute Gasteiger partial charge is 0.238 e. The van der Waals surface area contributed by atoms with Gasteiger partial charge in [0, 0.05) is 17.4 Å². The van der Waals surface area contributed by atoms with Gasteiger partial charge in [-0.3, -0.25) is 9.69 Å². The maximum atomic E-state index is 12.0. The van der Waals surface area contributed by atoms with Crippen molar-refractivity contribution in [3.05, 3.63) is 24.3 Å². The van der Waals surface area contributed by atoms with E-state index in [1.807, 2.05) is 19.2 Å². The van der Waals surface area contributed by atoms with Crippen LogP contribution in [0.25, 0.3) is 0 Å². The molecule has 1 aromatic rings. The van der Waals surface area contributed by atoms with E-state index < -0.39 is 0 Å². The number of anilines is 2. The lowest BCUT2D eigenvalue weighted by atomic mass is 9.94. The van der Waals surface area contributed by atoms with Crippen molar-refractivity contribution < 1.29 is 4.79 Å². The molecule has 4 nitrogen and oxygen atoms in total. The molecule has 3 N–H and O–H groups in total. The molecule has 1 fully saturated rings. The van der Waals surface area contributed by atoms with Crippen molar-refractivity contribution >= 4 is 17.3 Å². The number of nitrogens with two attached hydrogens (primary N) is 1. The second kappa shape index (κ2) is 6.57. The molecule has 1 aliphatic carbocycles. The molecule has 19 heavy (non-hydrogen) atoms. The Morgan fingerprint density at radius 1 is 1.26 bits per heavy atom. The highest BCUT2D eigenvalue weighted by Crippen LogP contribution is 2.21. The Labute approximate surface area is 115 Å². The molecule has 0 radical (unpaired) electrons. The summed E-state index contributed by atoms with van der Waals surface area (Å²) in [6.45, 7) is 0.453. The predicted molar refractivity (Wildman–Crippen MR) is 79.0 cm³/mol. The second-order valence-electron chi connectivity index (χ2n) is 5.38. The molecular formula is C15H23N3O. The first-order valence-electron chi connectivity index (χ1n) is 7.01. The Balaban J connectivity index is 1.81. The molecule has 4 heteroatoms. The van der Waals surface area contributed by atoms with E-state index in [2.05, 4.69) is 10.2 Å². The molecular weight excluding hydrogens is 238 g/mol. The molecule has 0 heterocycles. The van der Waals surface area contributed by atoms with Crippen LogP contribution in [-0.4, -0.2) is 30.4 Å². The van der Waals surface area contributed by atoms with Crippen LogP contribution >= 0.6 is 0 Å². The Kier molecular flexibility index (Phi) is 4.80. The summed E-state index contributed by atoms with van der Waals surface area (Å²) in [5, 5.41) is 2.90. The second-order valence-corrected chi connectivity index (χ2v) is 5.38. The lowest BCUT2D eigenvalue weighted by Gasteiger charge is -2.30. The van der Waals surface area contributed by atoms with Gasteiger partial charge in [-0.15, -0.1) is 0 Å². The van der Waals surface area contributed by atoms with Crippen molar-refractivity contribution in [3.63, 3.8) is 0 Å². The Morgan fingerprint density at radius 3 is 2.53 bits per heavy atom. The first kappa shape index (κ1) is 13.9. The lowest BCUT2D eigenvalue weighted by molar-refractivity contribution is -0.117. The first-order chi connectivity index (χ1) is 9.15. The van der Waals surface area contributed by atoms with E-state index in [1.54, 1.807) is 12.1 Å². The Hall–Kier alpha value is -1.55. The minimum absolute atomic E-state index is 0.0397. The molecule has 0 atom stereocenters. The third-order valence-corrected chi connectivity index (χ3v) is 3.79. The van der Waals surface area contributed by atoms with Crippen LogP contribution < -0.4 is 11.1 Å². The van der Waals surface area contributed by atoms with Crippen molar-refractivity contribution in [1.82, 2.24) is 4.90 Å². The Morgan fingerprint density at radius 2 is 1.89 bits per heavy atom. The van der Waals surface area contributed by atoms with Gasteiger partial charge in [-0.25, -0.2) is 0 Å². The normalized spacial score (nSPS) is 16.5. The third-order valence-electron chi connectivity index (χ3n) is 3.79. The standard InChI is InChI=1S/C15H23N3O/c1-18(14-5-3-2-4-6-14)11-15(19)17-13-9-7-12(16)8-10-13/h7-10,14H,2-6,11,16H2,1H3,(H,17,19). The van der Waals surface area contributed by atoms with E-state index in [4.69, 9.17) is 5.73 Å². The number of nitrogens with one attached hydrogen (secondary N) is 1. The number of nitrogen functional groups attached to an aromatic ring is 1. The Bertz CT molecular complexity index is 410. The van der Waals surface area contributed by atoms with Crippen LogP contribution in [0.15, 0.2) is 24.3 Å². The fourth-order valence-corrected chi connectivity index (χ4v) is 2.64. The molecule has 0 bridgehead atoms. The van der Waals surface area contributed by atoms with E-state index >= 15 is 0 Å². The van der Waals surface area contributed by atoms with Gasteiger partial charge in [0.2, 0.25) is 5.91 Å². The number of likely N-dealkylation sites (N-methyl/N-ethyl adjacent to an activating group) is 1. The van der Waals surface area contributed by atoms with Crippen LogP contribution in [-0.2, 0) is 4.79 Å². The minimum Gasteiger partial charge on any atom is -0.399 e. The summed E-state index contributed by atoms with van der Waals surface area (Å²) in [7, 11) is 2.04. The molecule has 1 aromatic carbocycles. The first-order valence-corrected chi connectivity index (χ1v) is 7.01. The van der Waals surface area contributed by atoms with E-state index in [0.29, 0.717) is 18.3 Å². The summed E-state index contributed by atoms with van der Waals surface area (Å²) in [6.07, 6.45) is 6.34. The van der Waals surface area contributed by atoms with Crippen molar-refractivity contribution in [2.24, 2.45) is 0 Å². The number of hydrogen-bond donors (Lipinski definition) is 2. The van der Waals surface area contributed by atoms with Crippen molar-refractivity contribution in [1.29, 1.82) is 0 Å². The molecule has 0 saturated heterocycles. The van der Waals surface area contributed by atoms with Gasteiger partial charge in [0.15, 0.2) is 0 Å². The molecule has 1 saturated carbocycles. The number of carbonyl (C=O) groups excluding carboxylic acids is 1. The van der Waals surface area contributed by atoms with Gasteiger partial charge in [-0.1, -0.05) is 19.3 Å². The molecule has 0 aromatic heterocycles. The average molecular weight is 261 g/mol. The lowest BCUT2D eigenvalue weighted by Crippen LogP contribution is -2.39. The van der Waals surface area contributed by atoms with E-state index in [0.717, 1.165) is 5.69 Å². The zero-order valence-electron chi connectivity index (χ0n) is 11.6. The largest absolute Gasteiger partial charge is 0.399 e. The van der Waals surface area contributed by atoms with Gasteiger partial charge < -0.3 is 11.1 Å². The highest BCUT2D eigenvalue weighted by atomic mass is 16.2. The monoisotopic (exact) mass is 261 g/mol. The number of benzene rings is 1. The highest BCUT2D eigenvalue weighted by Gasteiger charge is 2.19. The number of amides is 1. The third kappa shape index (κ3) is 4.24. The van der Waals surface area contributed by atoms with Crippen LogP contribution in [0.3, 0.4) is 0 Å². The summed E-state index contributed by atoms with van der Waals surface area (Å²) in [6, 6.07) is 7.80. The number of carbonyl (C=O) groups is 1. The number of nitrogens with zero attached hydrogens (tertiary/aromatic N) is 1. The summed E-state index contributed by atoms with van der Waals surface area (Å²) in [5.41, 5.74) is 7.12. The van der Waals surface area contributed by atoms with Gasteiger partial charge in [0.05, 0.1) is 6.54 Å². The van der Waals surface area contributed by atoms with Crippen molar-refractivity contribution in [2.45, 2.75) is 38.1 Å². The van der Waals surface area contributed by atoms with Crippen molar-refractivity contribution in [2.75, 3.05) is 24.6 Å². The van der Waals surface area contributed by atoms with Gasteiger partial charge in [0.1, 0.15) is 0 Å². The molecule has 0 aliphatic heterocycles. The number of hydrogen-bond acceptors (Lipinski definition) is 3. The van der Waals surface area contributed by atoms with Gasteiger partial charge >= 0.3 is 0 Å². The zero-order chi connectivity index (χ0) is 13.7. The molecule has 1 amide bonds. The van der Waals surface area contributed by atoms with E-state index in [1.165, 1.54) is 32.1 Å². The predicted octanol–water partition coefficient (Wildman–Crippen LogP) is 2.47. The van der Waals surface area contributed by atoms with Crippen LogP contribution in [0.2, 0.25) is 0 Å². The summed E-state index contributed by atoms with van der Waals surface area (Å²) in [5.74, 6) is 0.0397. The van der Waals surface area contributed by atoms with Gasteiger partial charge in [-0.05, 0) is 44.2 Å². The fourth-order valence-electron chi connectivity index (χ4n) is 2.64. The SMILES string of the molecule is CN(CC(=O)Nc1ccc(N)cc1)C1CCCCC1. The minimum atomic E-state index is 0.0397. The summed E-state index contributed by atoms with van der Waals surface area (Å²) < 4.78 is 0. The topological polar surface area (TPSA) is 58.4 Å². The molecule has 0 spiro atoms. The quantitative estimate of drug-likeness (QED) is 0.819. The zero-order valence-corrected chi connectivity index (χ0v) is 11.6. The maximum Gasteiger partial charge on any atom is 0.238 e. The molecule has 2 rings (SSSR count). The van der Waals surface area contributed by atoms with Crippen LogP contribution in [0.4, 0.5) is 11.4 Å². The highest BCUT2D eigenvalue weighted by molar-refractivity contribution is 5.92.